The maximum absolute atomic E-state index is 12.1. The van der Waals surface area contributed by atoms with Crippen LogP contribution in [0.25, 0.3) is 10.8 Å². The Hall–Kier alpha value is -1.17. The van der Waals surface area contributed by atoms with E-state index in [-0.39, 0.29) is 4.90 Å². The summed E-state index contributed by atoms with van der Waals surface area (Å²) in [7, 11) is -3.50. The molecule has 0 spiro atoms. The summed E-state index contributed by atoms with van der Waals surface area (Å²) in [6.07, 6.45) is 3.83. The van der Waals surface area contributed by atoms with E-state index in [1.165, 1.54) is 0 Å². The van der Waals surface area contributed by atoms with Crippen molar-refractivity contribution in [3.05, 3.63) is 36.7 Å². The Balaban J connectivity index is 2.41. The quantitative estimate of drug-likeness (QED) is 0.676. The second-order valence-electron chi connectivity index (χ2n) is 3.79. The van der Waals surface area contributed by atoms with Crippen LogP contribution in [-0.4, -0.2) is 25.8 Å². The minimum absolute atomic E-state index is 0.275. The van der Waals surface area contributed by atoms with Gasteiger partial charge in [-0.2, -0.15) is 0 Å². The number of aromatic nitrogens is 1. The van der Waals surface area contributed by atoms with Gasteiger partial charge < -0.3 is 0 Å². The predicted octanol–water partition coefficient (Wildman–Crippen LogP) is 2.14. The molecule has 18 heavy (non-hydrogen) atoms. The summed E-state index contributed by atoms with van der Waals surface area (Å²) >= 11 is 5.53. The number of nitrogens with one attached hydrogen (secondary N) is 1. The molecule has 0 aliphatic carbocycles. The first kappa shape index (κ1) is 13.3. The number of fused-ring (bicyclic) bond motifs is 1. The second-order valence-corrected chi connectivity index (χ2v) is 5.91. The van der Waals surface area contributed by atoms with Crippen LogP contribution in [0.5, 0.6) is 0 Å². The minimum atomic E-state index is -3.50. The van der Waals surface area contributed by atoms with E-state index in [1.54, 1.807) is 30.6 Å². The lowest BCUT2D eigenvalue weighted by molar-refractivity contribution is 0.582. The zero-order chi connectivity index (χ0) is 13.0. The van der Waals surface area contributed by atoms with Gasteiger partial charge in [0.15, 0.2) is 0 Å². The molecule has 1 aromatic carbocycles. The normalized spacial score (nSPS) is 11.8. The van der Waals surface area contributed by atoms with Crippen molar-refractivity contribution in [2.45, 2.75) is 11.3 Å². The third kappa shape index (κ3) is 2.80. The third-order valence-corrected chi connectivity index (χ3v) is 4.32. The zero-order valence-electron chi connectivity index (χ0n) is 9.64. The molecule has 0 atom stereocenters. The molecule has 0 saturated heterocycles. The van der Waals surface area contributed by atoms with Gasteiger partial charge in [-0.25, -0.2) is 13.1 Å². The van der Waals surface area contributed by atoms with Crippen LogP contribution in [0.3, 0.4) is 0 Å². The molecule has 0 saturated carbocycles. The Bertz CT molecular complexity index is 638. The summed E-state index contributed by atoms with van der Waals surface area (Å²) in [4.78, 5) is 4.25. The SMILES string of the molecule is O=S(=O)(NCCCCl)c1cccc2cnccc12. The number of alkyl halides is 1. The van der Waals surface area contributed by atoms with Gasteiger partial charge in [0.2, 0.25) is 10.0 Å². The van der Waals surface area contributed by atoms with Crippen molar-refractivity contribution in [1.82, 2.24) is 9.71 Å². The lowest BCUT2D eigenvalue weighted by Gasteiger charge is -2.08. The smallest absolute Gasteiger partial charge is 0.241 e. The number of nitrogens with zero attached hydrogens (tertiary/aromatic N) is 1. The summed E-state index contributed by atoms with van der Waals surface area (Å²) < 4.78 is 26.8. The van der Waals surface area contributed by atoms with Crippen molar-refractivity contribution in [2.75, 3.05) is 12.4 Å². The van der Waals surface area contributed by atoms with Crippen LogP contribution in [0.4, 0.5) is 0 Å². The number of sulfonamides is 1. The molecule has 4 nitrogen and oxygen atoms in total. The van der Waals surface area contributed by atoms with Gasteiger partial charge in [-0.05, 0) is 18.6 Å². The van der Waals surface area contributed by atoms with Crippen LogP contribution < -0.4 is 4.72 Å². The zero-order valence-corrected chi connectivity index (χ0v) is 11.2. The van der Waals surface area contributed by atoms with Gasteiger partial charge in [0.1, 0.15) is 0 Å². The lowest BCUT2D eigenvalue weighted by Crippen LogP contribution is -2.25. The molecule has 0 radical (unpaired) electrons. The van der Waals surface area contributed by atoms with Gasteiger partial charge in [-0.1, -0.05) is 12.1 Å². The van der Waals surface area contributed by atoms with Crippen LogP contribution in [0.2, 0.25) is 0 Å². The Kier molecular flexibility index (Phi) is 4.16. The molecular formula is C12H13ClN2O2S. The van der Waals surface area contributed by atoms with Crippen LogP contribution >= 0.6 is 11.6 Å². The first-order chi connectivity index (χ1) is 8.65. The van der Waals surface area contributed by atoms with E-state index in [0.717, 1.165) is 5.39 Å². The van der Waals surface area contributed by atoms with Crippen molar-refractivity contribution >= 4 is 32.4 Å². The minimum Gasteiger partial charge on any atom is -0.264 e. The molecule has 0 aliphatic rings. The van der Waals surface area contributed by atoms with Gasteiger partial charge in [0.25, 0.3) is 0 Å². The summed E-state index contributed by atoms with van der Waals surface area (Å²) in [6.45, 7) is 0.341. The first-order valence-electron chi connectivity index (χ1n) is 5.53. The fourth-order valence-electron chi connectivity index (χ4n) is 1.68. The van der Waals surface area contributed by atoms with Crippen molar-refractivity contribution in [1.29, 1.82) is 0 Å². The third-order valence-electron chi connectivity index (χ3n) is 2.53. The van der Waals surface area contributed by atoms with Crippen LogP contribution in [0.15, 0.2) is 41.6 Å². The molecule has 2 rings (SSSR count). The first-order valence-corrected chi connectivity index (χ1v) is 7.55. The molecule has 1 heterocycles. The fraction of sp³-hybridized carbons (Fsp3) is 0.250. The van der Waals surface area contributed by atoms with Crippen molar-refractivity contribution in [2.24, 2.45) is 0 Å². The van der Waals surface area contributed by atoms with E-state index >= 15 is 0 Å². The van der Waals surface area contributed by atoms with E-state index in [1.807, 2.05) is 6.07 Å². The summed E-state index contributed by atoms with van der Waals surface area (Å²) in [5.41, 5.74) is 0. The van der Waals surface area contributed by atoms with Gasteiger partial charge >= 0.3 is 0 Å². The number of pyridine rings is 1. The molecule has 6 heteroatoms. The highest BCUT2D eigenvalue weighted by Crippen LogP contribution is 2.21. The Morgan fingerprint density at radius 1 is 1.28 bits per heavy atom. The maximum Gasteiger partial charge on any atom is 0.241 e. The van der Waals surface area contributed by atoms with E-state index in [4.69, 9.17) is 11.6 Å². The highest BCUT2D eigenvalue weighted by atomic mass is 35.5. The number of benzene rings is 1. The molecule has 0 unspecified atom stereocenters. The number of hydrogen-bond donors (Lipinski definition) is 1. The van der Waals surface area contributed by atoms with Gasteiger partial charge in [-0.3, -0.25) is 4.98 Å². The predicted molar refractivity (Wildman–Crippen MR) is 72.3 cm³/mol. The molecular weight excluding hydrogens is 272 g/mol. The highest BCUT2D eigenvalue weighted by Gasteiger charge is 2.16. The molecule has 0 amide bonds. The molecule has 1 N–H and O–H groups in total. The van der Waals surface area contributed by atoms with Crippen LogP contribution in [0.1, 0.15) is 6.42 Å². The standard InChI is InChI=1S/C12H13ClN2O2S/c13-6-2-7-15-18(16,17)12-4-1-3-10-9-14-8-5-11(10)12/h1,3-5,8-9,15H,2,6-7H2. The molecule has 0 fully saturated rings. The van der Waals surface area contributed by atoms with Crippen molar-refractivity contribution < 1.29 is 8.42 Å². The Morgan fingerprint density at radius 3 is 2.89 bits per heavy atom. The average molecular weight is 285 g/mol. The molecule has 2 aromatic rings. The van der Waals surface area contributed by atoms with E-state index in [9.17, 15) is 8.42 Å². The molecule has 1 aromatic heterocycles. The average Bonchev–Trinajstić information content (AvgIpc) is 2.38. The number of rotatable bonds is 5. The second kappa shape index (κ2) is 5.65. The maximum atomic E-state index is 12.1. The topological polar surface area (TPSA) is 59.1 Å². The summed E-state index contributed by atoms with van der Waals surface area (Å²) in [5.74, 6) is 0.433. The van der Waals surface area contributed by atoms with E-state index in [2.05, 4.69) is 9.71 Å². The number of hydrogen-bond acceptors (Lipinski definition) is 3. The number of halogens is 1. The van der Waals surface area contributed by atoms with Crippen LogP contribution in [-0.2, 0) is 10.0 Å². The van der Waals surface area contributed by atoms with E-state index < -0.39 is 10.0 Å². The Labute approximate surface area is 111 Å². The van der Waals surface area contributed by atoms with Crippen molar-refractivity contribution in [3.63, 3.8) is 0 Å². The van der Waals surface area contributed by atoms with Gasteiger partial charge in [-0.15, -0.1) is 11.6 Å². The van der Waals surface area contributed by atoms with Crippen LogP contribution in [0, 0.1) is 0 Å². The largest absolute Gasteiger partial charge is 0.264 e. The van der Waals surface area contributed by atoms with Crippen molar-refractivity contribution in [3.8, 4) is 0 Å². The molecule has 96 valence electrons. The summed E-state index contributed by atoms with van der Waals surface area (Å²) in [5, 5.41) is 1.48. The molecule has 0 aliphatic heterocycles. The summed E-state index contributed by atoms with van der Waals surface area (Å²) in [6, 6.07) is 6.83. The lowest BCUT2D eigenvalue weighted by atomic mass is 10.2. The monoisotopic (exact) mass is 284 g/mol. The highest BCUT2D eigenvalue weighted by molar-refractivity contribution is 7.89. The molecule has 0 bridgehead atoms. The van der Waals surface area contributed by atoms with Gasteiger partial charge in [0, 0.05) is 35.6 Å². The fourth-order valence-corrected chi connectivity index (χ4v) is 3.11. The van der Waals surface area contributed by atoms with Gasteiger partial charge in [0.05, 0.1) is 4.90 Å². The van der Waals surface area contributed by atoms with E-state index in [0.29, 0.717) is 24.2 Å². The Morgan fingerprint density at radius 2 is 2.11 bits per heavy atom.